The van der Waals surface area contributed by atoms with E-state index in [0.717, 1.165) is 18.2 Å². The lowest BCUT2D eigenvalue weighted by molar-refractivity contribution is -0.274. The first kappa shape index (κ1) is 15.0. The molecule has 8 heteroatoms. The summed E-state index contributed by atoms with van der Waals surface area (Å²) in [6.45, 7) is -0.210. The molecule has 2 unspecified atom stereocenters. The largest absolute Gasteiger partial charge is 0.573 e. The second-order valence-electron chi connectivity index (χ2n) is 3.48. The van der Waals surface area contributed by atoms with Crippen LogP contribution in [0, 0.1) is 0 Å². The van der Waals surface area contributed by atoms with Crippen LogP contribution in [-0.2, 0) is 0 Å². The van der Waals surface area contributed by atoms with Gasteiger partial charge >= 0.3 is 6.36 Å². The van der Waals surface area contributed by atoms with Crippen molar-refractivity contribution in [2.75, 3.05) is 6.54 Å². The van der Waals surface area contributed by atoms with Gasteiger partial charge in [-0.25, -0.2) is 0 Å². The molecule has 0 bridgehead atoms. The third-order valence-corrected chi connectivity index (χ3v) is 2.46. The maximum atomic E-state index is 11.9. The lowest BCUT2D eigenvalue weighted by Crippen LogP contribution is -2.27. The molecular weight excluding hydrogens is 275 g/mol. The molecule has 0 saturated heterocycles. The van der Waals surface area contributed by atoms with Crippen molar-refractivity contribution >= 4 is 11.6 Å². The van der Waals surface area contributed by atoms with Crippen molar-refractivity contribution in [2.45, 2.75) is 18.6 Å². The van der Waals surface area contributed by atoms with Crippen LogP contribution in [0.1, 0.15) is 11.7 Å². The molecule has 0 aliphatic rings. The average molecular weight is 286 g/mol. The molecule has 0 heterocycles. The van der Waals surface area contributed by atoms with Crippen LogP contribution in [0.4, 0.5) is 13.2 Å². The quantitative estimate of drug-likeness (QED) is 0.785. The number of benzene rings is 1. The van der Waals surface area contributed by atoms with Gasteiger partial charge in [0.1, 0.15) is 11.9 Å². The first-order valence-corrected chi connectivity index (χ1v) is 5.24. The average Bonchev–Trinajstić information content (AvgIpc) is 2.25. The first-order chi connectivity index (χ1) is 8.24. The van der Waals surface area contributed by atoms with Crippen LogP contribution >= 0.6 is 11.6 Å². The van der Waals surface area contributed by atoms with Gasteiger partial charge in [-0.1, -0.05) is 17.7 Å². The Morgan fingerprint density at radius 1 is 1.33 bits per heavy atom. The molecule has 0 aromatic heterocycles. The van der Waals surface area contributed by atoms with E-state index >= 15 is 0 Å². The summed E-state index contributed by atoms with van der Waals surface area (Å²) in [5, 5.41) is 18.8. The fourth-order valence-corrected chi connectivity index (χ4v) is 1.56. The number of alkyl halides is 3. The zero-order chi connectivity index (χ0) is 13.9. The van der Waals surface area contributed by atoms with Crippen molar-refractivity contribution in [1.29, 1.82) is 0 Å². The van der Waals surface area contributed by atoms with E-state index < -0.39 is 24.3 Å². The van der Waals surface area contributed by atoms with Gasteiger partial charge in [-0.3, -0.25) is 0 Å². The normalized spacial score (nSPS) is 15.3. The van der Waals surface area contributed by atoms with E-state index in [2.05, 4.69) is 4.74 Å². The number of hydrogen-bond acceptors (Lipinski definition) is 4. The minimum atomic E-state index is -4.82. The van der Waals surface area contributed by atoms with E-state index in [-0.39, 0.29) is 17.1 Å². The van der Waals surface area contributed by atoms with E-state index in [1.54, 1.807) is 0 Å². The molecule has 4 N–H and O–H groups in total. The number of ether oxygens (including phenoxy) is 1. The van der Waals surface area contributed by atoms with Gasteiger partial charge in [0.15, 0.2) is 0 Å². The van der Waals surface area contributed by atoms with Crippen LogP contribution in [0.2, 0.25) is 5.02 Å². The zero-order valence-corrected chi connectivity index (χ0v) is 9.74. The van der Waals surface area contributed by atoms with Crippen LogP contribution in [0.25, 0.3) is 0 Å². The number of aliphatic hydroxyl groups excluding tert-OH is 2. The molecule has 0 radical (unpaired) electrons. The lowest BCUT2D eigenvalue weighted by atomic mass is 10.0. The van der Waals surface area contributed by atoms with Gasteiger partial charge in [-0.15, -0.1) is 13.2 Å². The van der Waals surface area contributed by atoms with Gasteiger partial charge in [0.2, 0.25) is 0 Å². The predicted molar refractivity (Wildman–Crippen MR) is 58.2 cm³/mol. The molecule has 0 spiro atoms. The van der Waals surface area contributed by atoms with Crippen LogP contribution in [-0.4, -0.2) is 29.2 Å². The monoisotopic (exact) mass is 285 g/mol. The summed E-state index contributed by atoms with van der Waals surface area (Å²) in [4.78, 5) is 0. The lowest BCUT2D eigenvalue weighted by Gasteiger charge is -2.18. The number of halogens is 4. The highest BCUT2D eigenvalue weighted by atomic mass is 35.5. The Morgan fingerprint density at radius 2 is 1.94 bits per heavy atom. The molecule has 1 aromatic carbocycles. The minimum Gasteiger partial charge on any atom is -0.406 e. The van der Waals surface area contributed by atoms with Crippen LogP contribution in [0.15, 0.2) is 18.2 Å². The Bertz CT molecular complexity index is 414. The van der Waals surface area contributed by atoms with Crippen LogP contribution < -0.4 is 10.5 Å². The van der Waals surface area contributed by atoms with E-state index in [1.807, 2.05) is 0 Å². The Morgan fingerprint density at radius 3 is 2.39 bits per heavy atom. The molecule has 4 nitrogen and oxygen atoms in total. The summed E-state index contributed by atoms with van der Waals surface area (Å²) in [5.41, 5.74) is 5.22. The van der Waals surface area contributed by atoms with Gasteiger partial charge in [-0.05, 0) is 12.1 Å². The number of aliphatic hydroxyl groups is 2. The van der Waals surface area contributed by atoms with E-state index in [1.165, 1.54) is 0 Å². The Kier molecular flexibility index (Phi) is 4.80. The maximum Gasteiger partial charge on any atom is 0.573 e. The molecular formula is C10H11ClF3NO3. The topological polar surface area (TPSA) is 75.7 Å². The van der Waals surface area contributed by atoms with Gasteiger partial charge < -0.3 is 20.7 Å². The van der Waals surface area contributed by atoms with Gasteiger partial charge in [0.05, 0.1) is 11.1 Å². The van der Waals surface area contributed by atoms with Crippen LogP contribution in [0.3, 0.4) is 0 Å². The Hall–Kier alpha value is -1.02. The minimum absolute atomic E-state index is 0.0733. The smallest absolute Gasteiger partial charge is 0.406 e. The van der Waals surface area contributed by atoms with Gasteiger partial charge in [0, 0.05) is 12.1 Å². The summed E-state index contributed by atoms with van der Waals surface area (Å²) in [6.07, 6.45) is -7.44. The maximum absolute atomic E-state index is 11.9. The molecule has 0 amide bonds. The first-order valence-electron chi connectivity index (χ1n) is 4.86. The molecule has 18 heavy (non-hydrogen) atoms. The number of nitrogens with two attached hydrogens (primary N) is 1. The van der Waals surface area contributed by atoms with Crippen molar-refractivity contribution in [3.05, 3.63) is 28.8 Å². The highest BCUT2D eigenvalue weighted by Crippen LogP contribution is 2.31. The Labute approximate surface area is 106 Å². The highest BCUT2D eigenvalue weighted by molar-refractivity contribution is 6.31. The molecule has 2 atom stereocenters. The summed E-state index contributed by atoms with van der Waals surface area (Å²) >= 11 is 5.69. The van der Waals surface area contributed by atoms with Gasteiger partial charge in [-0.2, -0.15) is 0 Å². The summed E-state index contributed by atoms with van der Waals surface area (Å²) < 4.78 is 39.5. The molecule has 0 aliphatic heterocycles. The second kappa shape index (κ2) is 5.75. The SMILES string of the molecule is NCC(O)C(O)c1ccc(OC(F)(F)F)cc1Cl. The van der Waals surface area contributed by atoms with Gasteiger partial charge in [0.25, 0.3) is 0 Å². The zero-order valence-electron chi connectivity index (χ0n) is 8.99. The van der Waals surface area contributed by atoms with Crippen molar-refractivity contribution in [1.82, 2.24) is 0 Å². The predicted octanol–water partition coefficient (Wildman–Crippen LogP) is 1.59. The second-order valence-corrected chi connectivity index (χ2v) is 3.89. The molecule has 0 aliphatic carbocycles. The molecule has 1 rings (SSSR count). The fourth-order valence-electron chi connectivity index (χ4n) is 1.28. The van der Waals surface area contributed by atoms with Crippen LogP contribution in [0.5, 0.6) is 5.75 Å². The molecule has 102 valence electrons. The van der Waals surface area contributed by atoms with E-state index in [9.17, 15) is 23.4 Å². The van der Waals surface area contributed by atoms with Crippen molar-refractivity contribution in [2.24, 2.45) is 5.73 Å². The van der Waals surface area contributed by atoms with E-state index in [0.29, 0.717) is 0 Å². The third-order valence-electron chi connectivity index (χ3n) is 2.13. The summed E-state index contributed by atoms with van der Waals surface area (Å²) in [6, 6.07) is 3.02. The van der Waals surface area contributed by atoms with Crippen molar-refractivity contribution < 1.29 is 28.1 Å². The highest BCUT2D eigenvalue weighted by Gasteiger charge is 2.31. The number of hydrogen-bond donors (Lipinski definition) is 3. The molecule has 0 saturated carbocycles. The van der Waals surface area contributed by atoms with E-state index in [4.69, 9.17) is 17.3 Å². The fraction of sp³-hybridized carbons (Fsp3) is 0.400. The third kappa shape index (κ3) is 4.02. The molecule has 0 fully saturated rings. The molecule has 1 aromatic rings. The number of rotatable bonds is 4. The summed E-state index contributed by atoms with van der Waals surface area (Å²) in [7, 11) is 0. The van der Waals surface area contributed by atoms with Crippen molar-refractivity contribution in [3.8, 4) is 5.75 Å². The standard InChI is InChI=1S/C10H11ClF3NO3/c11-7-3-5(18-10(12,13)14)1-2-6(7)9(17)8(16)4-15/h1-3,8-9,16-17H,4,15H2. The summed E-state index contributed by atoms with van der Waals surface area (Å²) in [5.74, 6) is -0.509. The van der Waals surface area contributed by atoms with Crippen molar-refractivity contribution in [3.63, 3.8) is 0 Å². The Balaban J connectivity index is 2.92.